The molecule has 0 unspecified atom stereocenters. The minimum Gasteiger partial charge on any atom is -0.496 e. The first-order chi connectivity index (χ1) is 9.65. The zero-order chi connectivity index (χ0) is 15.0. The molecule has 20 heavy (non-hydrogen) atoms. The van der Waals surface area contributed by atoms with Crippen molar-refractivity contribution < 1.29 is 19.0 Å². The van der Waals surface area contributed by atoms with Gasteiger partial charge in [0, 0.05) is 37.2 Å². The number of hydrogen-bond acceptors (Lipinski definition) is 5. The van der Waals surface area contributed by atoms with Gasteiger partial charge in [0.15, 0.2) is 0 Å². The lowest BCUT2D eigenvalue weighted by atomic mass is 10.1. The first-order valence-corrected chi connectivity index (χ1v) is 6.41. The fourth-order valence-electron chi connectivity index (χ4n) is 1.87. The maximum atomic E-state index is 11.4. The maximum Gasteiger partial charge on any atom is 0.221 e. The molecule has 112 valence electrons. The number of methoxy groups -OCH3 is 3. The predicted octanol–water partition coefficient (Wildman–Crippen LogP) is 0.720. The van der Waals surface area contributed by atoms with E-state index in [9.17, 15) is 4.79 Å². The number of hydrogen-bond donors (Lipinski definition) is 2. The van der Waals surface area contributed by atoms with E-state index in [2.05, 4.69) is 5.32 Å². The standard InChI is InChI=1S/C14H22N2O4/c1-18-10-8-12(19-2)11(13(9-10)20-3)5-7-16-14(17)4-6-15/h8-9H,4-7,15H2,1-3H3,(H,16,17). The Hall–Kier alpha value is -1.95. The van der Waals surface area contributed by atoms with Gasteiger partial charge in [0.2, 0.25) is 5.91 Å². The molecule has 0 saturated carbocycles. The van der Waals surface area contributed by atoms with Crippen LogP contribution in [-0.4, -0.2) is 40.3 Å². The number of carbonyl (C=O) groups is 1. The van der Waals surface area contributed by atoms with Gasteiger partial charge in [0.05, 0.1) is 21.3 Å². The summed E-state index contributed by atoms with van der Waals surface area (Å²) >= 11 is 0. The Morgan fingerprint density at radius 1 is 1.15 bits per heavy atom. The molecular formula is C14H22N2O4. The minimum absolute atomic E-state index is 0.0565. The summed E-state index contributed by atoms with van der Waals surface area (Å²) < 4.78 is 15.9. The number of nitrogens with two attached hydrogens (primary N) is 1. The maximum absolute atomic E-state index is 11.4. The van der Waals surface area contributed by atoms with Crippen molar-refractivity contribution in [3.63, 3.8) is 0 Å². The number of rotatable bonds is 8. The molecule has 1 aromatic rings. The Morgan fingerprint density at radius 2 is 1.75 bits per heavy atom. The molecule has 6 nitrogen and oxygen atoms in total. The summed E-state index contributed by atoms with van der Waals surface area (Å²) in [5.74, 6) is 1.96. The molecule has 0 heterocycles. The van der Waals surface area contributed by atoms with Gasteiger partial charge in [0.1, 0.15) is 17.2 Å². The van der Waals surface area contributed by atoms with E-state index in [0.717, 1.165) is 5.56 Å². The van der Waals surface area contributed by atoms with Crippen LogP contribution in [0.25, 0.3) is 0 Å². The van der Waals surface area contributed by atoms with Gasteiger partial charge in [-0.15, -0.1) is 0 Å². The van der Waals surface area contributed by atoms with E-state index < -0.39 is 0 Å². The largest absolute Gasteiger partial charge is 0.496 e. The number of benzene rings is 1. The van der Waals surface area contributed by atoms with Crippen LogP contribution in [0.5, 0.6) is 17.2 Å². The Morgan fingerprint density at radius 3 is 2.20 bits per heavy atom. The first kappa shape index (κ1) is 16.1. The predicted molar refractivity (Wildman–Crippen MR) is 76.5 cm³/mol. The highest BCUT2D eigenvalue weighted by atomic mass is 16.5. The number of carbonyl (C=O) groups excluding carboxylic acids is 1. The second-order valence-electron chi connectivity index (χ2n) is 4.15. The van der Waals surface area contributed by atoms with Crippen molar-refractivity contribution in [1.82, 2.24) is 5.32 Å². The Bertz CT molecular complexity index is 424. The summed E-state index contributed by atoms with van der Waals surface area (Å²) in [5, 5.41) is 2.80. The highest BCUT2D eigenvalue weighted by molar-refractivity contribution is 5.76. The zero-order valence-corrected chi connectivity index (χ0v) is 12.2. The lowest BCUT2D eigenvalue weighted by Gasteiger charge is -2.15. The van der Waals surface area contributed by atoms with Gasteiger partial charge in [-0.2, -0.15) is 0 Å². The molecule has 1 rings (SSSR count). The normalized spacial score (nSPS) is 10.0. The molecule has 0 radical (unpaired) electrons. The van der Waals surface area contributed by atoms with E-state index in [1.165, 1.54) is 0 Å². The van der Waals surface area contributed by atoms with Crippen LogP contribution in [0.2, 0.25) is 0 Å². The first-order valence-electron chi connectivity index (χ1n) is 6.41. The van der Waals surface area contributed by atoms with E-state index in [-0.39, 0.29) is 5.91 Å². The van der Waals surface area contributed by atoms with Crippen molar-refractivity contribution in [2.75, 3.05) is 34.4 Å². The summed E-state index contributed by atoms with van der Waals surface area (Å²) in [7, 11) is 4.76. The van der Waals surface area contributed by atoms with Gasteiger partial charge in [-0.25, -0.2) is 0 Å². The Labute approximate surface area is 119 Å². The summed E-state index contributed by atoms with van der Waals surface area (Å²) in [4.78, 5) is 11.4. The van der Waals surface area contributed by atoms with Crippen molar-refractivity contribution in [2.24, 2.45) is 5.73 Å². The van der Waals surface area contributed by atoms with Gasteiger partial charge >= 0.3 is 0 Å². The second kappa shape index (κ2) is 8.27. The fourth-order valence-corrected chi connectivity index (χ4v) is 1.87. The molecule has 0 fully saturated rings. The molecule has 0 bridgehead atoms. The van der Waals surface area contributed by atoms with Gasteiger partial charge in [-0.1, -0.05) is 0 Å². The number of ether oxygens (including phenoxy) is 3. The average molecular weight is 282 g/mol. The van der Waals surface area contributed by atoms with Crippen molar-refractivity contribution in [3.05, 3.63) is 17.7 Å². The topological polar surface area (TPSA) is 82.8 Å². The summed E-state index contributed by atoms with van der Waals surface area (Å²) in [5.41, 5.74) is 6.21. The molecule has 0 aliphatic heterocycles. The van der Waals surface area contributed by atoms with Crippen molar-refractivity contribution >= 4 is 5.91 Å². The number of amides is 1. The van der Waals surface area contributed by atoms with Crippen LogP contribution in [0.15, 0.2) is 12.1 Å². The van der Waals surface area contributed by atoms with E-state index in [4.69, 9.17) is 19.9 Å². The molecule has 0 saturated heterocycles. The average Bonchev–Trinajstić information content (AvgIpc) is 2.47. The van der Waals surface area contributed by atoms with Crippen LogP contribution in [-0.2, 0) is 11.2 Å². The third-order valence-electron chi connectivity index (χ3n) is 2.89. The Balaban J connectivity index is 2.79. The SMILES string of the molecule is COc1cc(OC)c(CCNC(=O)CCN)c(OC)c1. The van der Waals surface area contributed by atoms with Crippen LogP contribution in [0.1, 0.15) is 12.0 Å². The summed E-state index contributed by atoms with van der Waals surface area (Å²) in [6, 6.07) is 3.58. The molecule has 0 atom stereocenters. The van der Waals surface area contributed by atoms with Crippen molar-refractivity contribution in [3.8, 4) is 17.2 Å². The molecule has 0 aliphatic rings. The molecule has 0 spiro atoms. The van der Waals surface area contributed by atoms with Crippen LogP contribution in [0.4, 0.5) is 0 Å². The lowest BCUT2D eigenvalue weighted by Crippen LogP contribution is -2.27. The summed E-state index contributed by atoms with van der Waals surface area (Å²) in [6.45, 7) is 0.846. The van der Waals surface area contributed by atoms with Gasteiger partial charge in [-0.05, 0) is 6.42 Å². The van der Waals surface area contributed by atoms with E-state index in [0.29, 0.717) is 43.2 Å². The lowest BCUT2D eigenvalue weighted by molar-refractivity contribution is -0.120. The fraction of sp³-hybridized carbons (Fsp3) is 0.500. The smallest absolute Gasteiger partial charge is 0.221 e. The Kier molecular flexibility index (Phi) is 6.66. The minimum atomic E-state index is -0.0565. The molecule has 1 aromatic carbocycles. The highest BCUT2D eigenvalue weighted by Crippen LogP contribution is 2.34. The van der Waals surface area contributed by atoms with Crippen LogP contribution in [0.3, 0.4) is 0 Å². The highest BCUT2D eigenvalue weighted by Gasteiger charge is 2.13. The van der Waals surface area contributed by atoms with E-state index >= 15 is 0 Å². The third-order valence-corrected chi connectivity index (χ3v) is 2.89. The second-order valence-corrected chi connectivity index (χ2v) is 4.15. The molecule has 0 aromatic heterocycles. The van der Waals surface area contributed by atoms with Gasteiger partial charge in [-0.3, -0.25) is 4.79 Å². The van der Waals surface area contributed by atoms with Crippen LogP contribution < -0.4 is 25.3 Å². The summed E-state index contributed by atoms with van der Waals surface area (Å²) in [6.07, 6.45) is 0.934. The molecule has 3 N–H and O–H groups in total. The third kappa shape index (κ3) is 4.31. The quantitative estimate of drug-likeness (QED) is 0.734. The van der Waals surface area contributed by atoms with Gasteiger partial charge < -0.3 is 25.3 Å². The monoisotopic (exact) mass is 282 g/mol. The van der Waals surface area contributed by atoms with E-state index in [1.807, 2.05) is 0 Å². The van der Waals surface area contributed by atoms with E-state index in [1.54, 1.807) is 33.5 Å². The molecular weight excluding hydrogens is 260 g/mol. The van der Waals surface area contributed by atoms with Gasteiger partial charge in [0.25, 0.3) is 0 Å². The zero-order valence-electron chi connectivity index (χ0n) is 12.2. The van der Waals surface area contributed by atoms with Crippen LogP contribution >= 0.6 is 0 Å². The molecule has 0 aliphatic carbocycles. The number of nitrogens with one attached hydrogen (secondary N) is 1. The molecule has 6 heteroatoms. The molecule has 1 amide bonds. The van der Waals surface area contributed by atoms with Crippen molar-refractivity contribution in [2.45, 2.75) is 12.8 Å². The van der Waals surface area contributed by atoms with Crippen molar-refractivity contribution in [1.29, 1.82) is 0 Å². The van der Waals surface area contributed by atoms with Crippen LogP contribution in [0, 0.1) is 0 Å².